The van der Waals surface area contributed by atoms with E-state index in [-0.39, 0.29) is 12.4 Å². The monoisotopic (exact) mass is 428 g/mol. The zero-order valence-electron chi connectivity index (χ0n) is 16.9. The van der Waals surface area contributed by atoms with Crippen LogP contribution < -0.4 is 19.5 Å². The van der Waals surface area contributed by atoms with Crippen LogP contribution in [0, 0.1) is 0 Å². The topological polar surface area (TPSA) is 122 Å². The lowest BCUT2D eigenvalue weighted by Gasteiger charge is -2.08. The molecule has 1 aliphatic rings. The molecule has 0 bridgehead atoms. The van der Waals surface area contributed by atoms with Crippen molar-refractivity contribution in [2.45, 2.75) is 6.92 Å². The van der Waals surface area contributed by atoms with E-state index in [4.69, 9.17) is 23.8 Å². The highest BCUT2D eigenvalue weighted by atomic mass is 16.7. The van der Waals surface area contributed by atoms with E-state index in [2.05, 4.69) is 10.5 Å². The highest BCUT2D eigenvalue weighted by Gasteiger charge is 2.17. The number of amides is 2. The highest BCUT2D eigenvalue weighted by Crippen LogP contribution is 2.32. The van der Waals surface area contributed by atoms with E-state index < -0.39 is 31.0 Å². The minimum absolute atomic E-state index is 0.162. The molecule has 0 saturated carbocycles. The number of methoxy groups -OCH3 is 1. The maximum atomic E-state index is 12.1. The molecule has 1 heterocycles. The first-order valence-corrected chi connectivity index (χ1v) is 9.17. The number of oxime groups is 1. The normalized spacial score (nSPS) is 12.1. The lowest BCUT2D eigenvalue weighted by Crippen LogP contribution is -2.34. The lowest BCUT2D eigenvalue weighted by atomic mass is 10.1. The predicted octanol–water partition coefficient (Wildman–Crippen LogP) is 1.66. The van der Waals surface area contributed by atoms with E-state index in [1.807, 2.05) is 0 Å². The van der Waals surface area contributed by atoms with Crippen molar-refractivity contribution < 1.29 is 38.2 Å². The average Bonchev–Trinajstić information content (AvgIpc) is 3.25. The molecule has 0 aromatic heterocycles. The summed E-state index contributed by atoms with van der Waals surface area (Å²) in [5.41, 5.74) is 1.42. The van der Waals surface area contributed by atoms with Crippen molar-refractivity contribution in [1.29, 1.82) is 0 Å². The summed E-state index contributed by atoms with van der Waals surface area (Å²) in [5.74, 6) is -0.720. The van der Waals surface area contributed by atoms with Gasteiger partial charge in [-0.1, -0.05) is 17.3 Å². The first kappa shape index (κ1) is 21.6. The number of rotatable bonds is 8. The molecule has 0 atom stereocenters. The first-order chi connectivity index (χ1) is 15.0. The van der Waals surface area contributed by atoms with Gasteiger partial charge >= 0.3 is 5.97 Å². The Kier molecular flexibility index (Phi) is 7.05. The number of nitrogens with zero attached hydrogens (tertiary/aromatic N) is 1. The number of nitrogens with one attached hydrogen (secondary N) is 1. The van der Waals surface area contributed by atoms with Crippen molar-refractivity contribution >= 4 is 23.5 Å². The Balaban J connectivity index is 1.42. The molecule has 31 heavy (non-hydrogen) atoms. The second kappa shape index (κ2) is 10.1. The van der Waals surface area contributed by atoms with Gasteiger partial charge in [-0.05, 0) is 37.3 Å². The van der Waals surface area contributed by atoms with Crippen molar-refractivity contribution in [2.75, 3.05) is 27.1 Å². The molecule has 0 fully saturated rings. The van der Waals surface area contributed by atoms with E-state index in [1.54, 1.807) is 43.3 Å². The summed E-state index contributed by atoms with van der Waals surface area (Å²) in [4.78, 5) is 40.7. The van der Waals surface area contributed by atoms with Crippen LogP contribution >= 0.6 is 0 Å². The van der Waals surface area contributed by atoms with Crippen molar-refractivity contribution in [3.63, 3.8) is 0 Å². The molecule has 0 radical (unpaired) electrons. The molecule has 3 rings (SSSR count). The van der Waals surface area contributed by atoms with Crippen LogP contribution in [-0.2, 0) is 19.2 Å². The number of hydrogen-bond acceptors (Lipinski definition) is 9. The summed E-state index contributed by atoms with van der Waals surface area (Å²) in [6, 6.07) is 11.7. The van der Waals surface area contributed by atoms with Crippen molar-refractivity contribution in [1.82, 2.24) is 5.32 Å². The van der Waals surface area contributed by atoms with Gasteiger partial charge in [0.15, 0.2) is 18.1 Å². The SMILES string of the molecule is COc1ccccc1C(=O)NC(=O)COC(=O)CON=C(C)c1ccc2c(c1)OCO2. The second-order valence-corrected chi connectivity index (χ2v) is 6.26. The fourth-order valence-electron chi connectivity index (χ4n) is 2.61. The fourth-order valence-corrected chi connectivity index (χ4v) is 2.61. The van der Waals surface area contributed by atoms with Crippen LogP contribution in [0.5, 0.6) is 17.2 Å². The van der Waals surface area contributed by atoms with Gasteiger partial charge in [0.25, 0.3) is 11.8 Å². The number of fused-ring (bicyclic) bond motifs is 1. The van der Waals surface area contributed by atoms with Gasteiger partial charge in [0.05, 0.1) is 18.4 Å². The summed E-state index contributed by atoms with van der Waals surface area (Å²) in [6.07, 6.45) is 0. The van der Waals surface area contributed by atoms with Crippen molar-refractivity contribution in [3.8, 4) is 17.2 Å². The van der Waals surface area contributed by atoms with Gasteiger partial charge in [0.2, 0.25) is 13.4 Å². The van der Waals surface area contributed by atoms with Gasteiger partial charge in [-0.3, -0.25) is 14.9 Å². The third kappa shape index (κ3) is 5.72. The second-order valence-electron chi connectivity index (χ2n) is 6.26. The van der Waals surface area contributed by atoms with E-state index in [0.717, 1.165) is 5.56 Å². The molecular formula is C21H20N2O8. The van der Waals surface area contributed by atoms with E-state index in [9.17, 15) is 14.4 Å². The molecule has 0 unspecified atom stereocenters. The predicted molar refractivity (Wildman–Crippen MR) is 107 cm³/mol. The van der Waals surface area contributed by atoms with Gasteiger partial charge in [0.1, 0.15) is 5.75 Å². The van der Waals surface area contributed by atoms with Crippen molar-refractivity contribution in [2.24, 2.45) is 5.16 Å². The Morgan fingerprint density at radius 2 is 1.84 bits per heavy atom. The first-order valence-electron chi connectivity index (χ1n) is 9.17. The minimum atomic E-state index is -0.817. The molecule has 0 spiro atoms. The molecule has 1 aliphatic heterocycles. The summed E-state index contributed by atoms with van der Waals surface area (Å²) >= 11 is 0. The number of carbonyl (C=O) groups is 3. The summed E-state index contributed by atoms with van der Waals surface area (Å²) in [6.45, 7) is 0.707. The smallest absolute Gasteiger partial charge is 0.347 e. The van der Waals surface area contributed by atoms with Gasteiger partial charge in [-0.2, -0.15) is 0 Å². The number of benzene rings is 2. The maximum Gasteiger partial charge on any atom is 0.347 e. The molecule has 1 N–H and O–H groups in total. The van der Waals surface area contributed by atoms with Crippen LogP contribution in [0.1, 0.15) is 22.8 Å². The van der Waals surface area contributed by atoms with Gasteiger partial charge in [-0.25, -0.2) is 4.79 Å². The average molecular weight is 428 g/mol. The molecule has 10 heteroatoms. The van der Waals surface area contributed by atoms with E-state index >= 15 is 0 Å². The quantitative estimate of drug-likeness (QED) is 0.383. The lowest BCUT2D eigenvalue weighted by molar-refractivity contribution is -0.152. The highest BCUT2D eigenvalue weighted by molar-refractivity contribution is 6.06. The molecular weight excluding hydrogens is 408 g/mol. The number of para-hydroxylation sites is 1. The molecule has 0 aliphatic carbocycles. The number of esters is 1. The van der Waals surface area contributed by atoms with Gasteiger partial charge in [-0.15, -0.1) is 0 Å². The van der Waals surface area contributed by atoms with Gasteiger partial charge < -0.3 is 23.8 Å². The Hall–Kier alpha value is -4.08. The molecule has 10 nitrogen and oxygen atoms in total. The van der Waals surface area contributed by atoms with Crippen molar-refractivity contribution in [3.05, 3.63) is 53.6 Å². The van der Waals surface area contributed by atoms with E-state index in [0.29, 0.717) is 23.0 Å². The summed E-state index contributed by atoms with van der Waals surface area (Å²) < 4.78 is 20.4. The Morgan fingerprint density at radius 3 is 2.65 bits per heavy atom. The summed E-state index contributed by atoms with van der Waals surface area (Å²) in [5, 5.41) is 5.96. The zero-order valence-corrected chi connectivity index (χ0v) is 16.9. The van der Waals surface area contributed by atoms with Gasteiger partial charge in [0, 0.05) is 5.56 Å². The van der Waals surface area contributed by atoms with E-state index in [1.165, 1.54) is 13.2 Å². The van der Waals surface area contributed by atoms with Crippen LogP contribution in [0.25, 0.3) is 0 Å². The third-order valence-electron chi connectivity index (χ3n) is 4.14. The fraction of sp³-hybridized carbons (Fsp3) is 0.238. The Labute approximate surface area is 177 Å². The van der Waals surface area contributed by atoms with Crippen LogP contribution in [0.4, 0.5) is 0 Å². The maximum absolute atomic E-state index is 12.1. The number of carbonyl (C=O) groups excluding carboxylic acids is 3. The summed E-state index contributed by atoms with van der Waals surface area (Å²) in [7, 11) is 1.41. The number of ether oxygens (including phenoxy) is 4. The zero-order chi connectivity index (χ0) is 22.2. The molecule has 2 aromatic rings. The molecule has 2 aromatic carbocycles. The molecule has 162 valence electrons. The van der Waals surface area contributed by atoms with Crippen LogP contribution in [0.2, 0.25) is 0 Å². The molecule has 2 amide bonds. The van der Waals surface area contributed by atoms with Crippen LogP contribution in [0.3, 0.4) is 0 Å². The largest absolute Gasteiger partial charge is 0.496 e. The third-order valence-corrected chi connectivity index (χ3v) is 4.14. The van der Waals surface area contributed by atoms with Crippen LogP contribution in [0.15, 0.2) is 47.6 Å². The number of imide groups is 1. The minimum Gasteiger partial charge on any atom is -0.496 e. The Morgan fingerprint density at radius 1 is 1.06 bits per heavy atom. The molecule has 0 saturated heterocycles. The Bertz CT molecular complexity index is 1020. The number of hydrogen-bond donors (Lipinski definition) is 1. The van der Waals surface area contributed by atoms with Crippen LogP contribution in [-0.4, -0.2) is 50.6 Å². The standard InChI is InChI=1S/C21H20N2O8/c1-13(14-7-8-17-18(9-14)30-12-29-17)23-31-11-20(25)28-10-19(24)22-21(26)15-5-3-4-6-16(15)27-2/h3-9H,10-12H2,1-2H3,(H,22,24,26).